The van der Waals surface area contributed by atoms with Crippen molar-refractivity contribution in [3.8, 4) is 11.1 Å². The number of amidine groups is 1. The molecule has 0 amide bonds. The number of allylic oxidation sites excluding steroid dienone is 3. The first-order valence-electron chi connectivity index (χ1n) is 8.43. The van der Waals surface area contributed by atoms with Crippen molar-refractivity contribution in [1.82, 2.24) is 0 Å². The van der Waals surface area contributed by atoms with Gasteiger partial charge in [0.2, 0.25) is 0 Å². The second kappa shape index (κ2) is 8.54. The third-order valence-corrected chi connectivity index (χ3v) is 3.97. The van der Waals surface area contributed by atoms with Crippen molar-refractivity contribution in [2.24, 2.45) is 4.99 Å². The van der Waals surface area contributed by atoms with Crippen LogP contribution >= 0.6 is 0 Å². The summed E-state index contributed by atoms with van der Waals surface area (Å²) in [6.45, 7) is 4.04. The lowest BCUT2D eigenvalue weighted by Crippen LogP contribution is -1.95. The van der Waals surface area contributed by atoms with Crippen LogP contribution in [0.15, 0.2) is 109 Å². The summed E-state index contributed by atoms with van der Waals surface area (Å²) in [5, 5.41) is 8.18. The van der Waals surface area contributed by atoms with Gasteiger partial charge in [-0.15, -0.1) is 0 Å². The van der Waals surface area contributed by atoms with Crippen LogP contribution in [0.25, 0.3) is 16.7 Å². The summed E-state index contributed by atoms with van der Waals surface area (Å²) < 4.78 is 0. The van der Waals surface area contributed by atoms with Gasteiger partial charge in [0.15, 0.2) is 5.84 Å². The molecule has 0 spiro atoms. The van der Waals surface area contributed by atoms with E-state index in [-0.39, 0.29) is 5.84 Å². The molecule has 0 aromatic heterocycles. The summed E-state index contributed by atoms with van der Waals surface area (Å²) in [7, 11) is 0. The Morgan fingerprint density at radius 3 is 2.12 bits per heavy atom. The smallest absolute Gasteiger partial charge is 0.151 e. The van der Waals surface area contributed by atoms with Crippen molar-refractivity contribution in [2.75, 3.05) is 0 Å². The molecule has 3 aromatic rings. The molecule has 0 bridgehead atoms. The molecular weight excluding hydrogens is 316 g/mol. The summed E-state index contributed by atoms with van der Waals surface area (Å²) in [5.74, 6) is 0.234. The Kier molecular flexibility index (Phi) is 5.69. The number of benzene rings is 3. The molecule has 0 fully saturated rings. The van der Waals surface area contributed by atoms with Crippen molar-refractivity contribution in [2.45, 2.75) is 0 Å². The zero-order valence-corrected chi connectivity index (χ0v) is 14.5. The molecule has 26 heavy (non-hydrogen) atoms. The SMILES string of the molecule is C=C(/C=C/C=NC(=N)c1cccc(-c2ccccc2)c1)c1ccccc1. The Morgan fingerprint density at radius 2 is 1.38 bits per heavy atom. The Morgan fingerprint density at radius 1 is 0.769 bits per heavy atom. The quantitative estimate of drug-likeness (QED) is 0.336. The average molecular weight is 336 g/mol. The van der Waals surface area contributed by atoms with Gasteiger partial charge >= 0.3 is 0 Å². The average Bonchev–Trinajstić information content (AvgIpc) is 2.72. The van der Waals surface area contributed by atoms with Crippen LogP contribution in [-0.2, 0) is 0 Å². The standard InChI is InChI=1S/C24H20N2/c1-19(20-11-4-2-5-12-20)10-9-17-26-24(25)23-16-8-15-22(18-23)21-13-6-3-7-14-21/h2-18,25H,1H2/b10-9+,25-24?,26-17?. The van der Waals surface area contributed by atoms with Crippen molar-refractivity contribution < 1.29 is 0 Å². The van der Waals surface area contributed by atoms with Crippen LogP contribution in [0.1, 0.15) is 11.1 Å². The molecule has 126 valence electrons. The van der Waals surface area contributed by atoms with E-state index in [1.165, 1.54) is 0 Å². The normalized spacial score (nSPS) is 11.1. The summed E-state index contributed by atoms with van der Waals surface area (Å²) in [6, 6.07) is 28.0. The Bertz CT molecular complexity index is 952. The minimum Gasteiger partial charge on any atom is -0.282 e. The minimum atomic E-state index is 0.234. The lowest BCUT2D eigenvalue weighted by molar-refractivity contribution is 1.42. The van der Waals surface area contributed by atoms with Gasteiger partial charge in [-0.05, 0) is 34.4 Å². The summed E-state index contributed by atoms with van der Waals surface area (Å²) >= 11 is 0. The Hall–Kier alpha value is -3.52. The third-order valence-electron chi connectivity index (χ3n) is 3.97. The summed E-state index contributed by atoms with van der Waals surface area (Å²) in [6.07, 6.45) is 5.34. The number of rotatable bonds is 5. The van der Waals surface area contributed by atoms with E-state index in [2.05, 4.69) is 23.7 Å². The first kappa shape index (κ1) is 17.3. The van der Waals surface area contributed by atoms with Gasteiger partial charge in [0.25, 0.3) is 0 Å². The molecule has 0 aliphatic rings. The fourth-order valence-electron chi connectivity index (χ4n) is 2.58. The minimum absolute atomic E-state index is 0.234. The highest BCUT2D eigenvalue weighted by atomic mass is 14.8. The van der Waals surface area contributed by atoms with Gasteiger partial charge in [0.05, 0.1) is 0 Å². The zero-order valence-electron chi connectivity index (χ0n) is 14.5. The van der Waals surface area contributed by atoms with Gasteiger partial charge < -0.3 is 0 Å². The van der Waals surface area contributed by atoms with E-state index in [0.717, 1.165) is 27.8 Å². The number of nitrogens with zero attached hydrogens (tertiary/aromatic N) is 1. The van der Waals surface area contributed by atoms with Crippen LogP contribution in [0.2, 0.25) is 0 Å². The van der Waals surface area contributed by atoms with E-state index >= 15 is 0 Å². The second-order valence-corrected chi connectivity index (χ2v) is 5.82. The molecule has 0 aliphatic heterocycles. The van der Waals surface area contributed by atoms with Gasteiger partial charge in [-0.1, -0.05) is 91.5 Å². The number of nitrogens with one attached hydrogen (secondary N) is 1. The van der Waals surface area contributed by atoms with Crippen LogP contribution in [0.4, 0.5) is 0 Å². The van der Waals surface area contributed by atoms with Gasteiger partial charge in [0, 0.05) is 11.8 Å². The largest absolute Gasteiger partial charge is 0.282 e. The summed E-state index contributed by atoms with van der Waals surface area (Å²) in [4.78, 5) is 4.23. The molecular formula is C24H20N2. The highest BCUT2D eigenvalue weighted by Gasteiger charge is 2.02. The van der Waals surface area contributed by atoms with Crippen molar-refractivity contribution in [3.05, 3.63) is 115 Å². The number of hydrogen-bond donors (Lipinski definition) is 1. The molecule has 0 radical (unpaired) electrons. The monoisotopic (exact) mass is 336 g/mol. The topological polar surface area (TPSA) is 36.2 Å². The van der Waals surface area contributed by atoms with Crippen LogP contribution < -0.4 is 0 Å². The van der Waals surface area contributed by atoms with Gasteiger partial charge in [0.1, 0.15) is 0 Å². The van der Waals surface area contributed by atoms with E-state index in [1.54, 1.807) is 6.21 Å². The van der Waals surface area contributed by atoms with E-state index in [1.807, 2.05) is 84.9 Å². The summed E-state index contributed by atoms with van der Waals surface area (Å²) in [5.41, 5.74) is 4.98. The van der Waals surface area contributed by atoms with Gasteiger partial charge in [-0.2, -0.15) is 0 Å². The lowest BCUT2D eigenvalue weighted by atomic mass is 10.0. The molecule has 2 heteroatoms. The van der Waals surface area contributed by atoms with Crippen molar-refractivity contribution in [1.29, 1.82) is 5.41 Å². The Labute approximate surface area is 154 Å². The molecule has 1 N–H and O–H groups in total. The number of hydrogen-bond acceptors (Lipinski definition) is 1. The van der Waals surface area contributed by atoms with E-state index < -0.39 is 0 Å². The fraction of sp³-hybridized carbons (Fsp3) is 0. The lowest BCUT2D eigenvalue weighted by Gasteiger charge is -2.04. The van der Waals surface area contributed by atoms with Crippen LogP contribution in [-0.4, -0.2) is 12.1 Å². The second-order valence-electron chi connectivity index (χ2n) is 5.82. The van der Waals surface area contributed by atoms with E-state index in [4.69, 9.17) is 5.41 Å². The molecule has 0 unspecified atom stereocenters. The molecule has 0 aliphatic carbocycles. The molecule has 3 rings (SSSR count). The predicted octanol–water partition coefficient (Wildman–Crippen LogP) is 6.02. The zero-order chi connectivity index (χ0) is 18.2. The Balaban J connectivity index is 1.67. The van der Waals surface area contributed by atoms with Crippen LogP contribution in [0.3, 0.4) is 0 Å². The van der Waals surface area contributed by atoms with Crippen molar-refractivity contribution >= 4 is 17.6 Å². The highest BCUT2D eigenvalue weighted by molar-refractivity contribution is 6.03. The molecule has 0 saturated heterocycles. The molecule has 0 heterocycles. The first-order valence-corrected chi connectivity index (χ1v) is 8.43. The predicted molar refractivity (Wildman–Crippen MR) is 112 cm³/mol. The molecule has 0 atom stereocenters. The van der Waals surface area contributed by atoms with Gasteiger partial charge in [-0.3, -0.25) is 5.41 Å². The number of aliphatic imine (C=N–C) groups is 1. The molecule has 3 aromatic carbocycles. The molecule has 2 nitrogen and oxygen atoms in total. The van der Waals surface area contributed by atoms with Crippen molar-refractivity contribution in [3.63, 3.8) is 0 Å². The van der Waals surface area contributed by atoms with E-state index in [0.29, 0.717) is 0 Å². The molecule has 0 saturated carbocycles. The highest BCUT2D eigenvalue weighted by Crippen LogP contribution is 2.20. The first-order chi connectivity index (χ1) is 12.7. The maximum Gasteiger partial charge on any atom is 0.151 e. The van der Waals surface area contributed by atoms with Crippen LogP contribution in [0.5, 0.6) is 0 Å². The fourth-order valence-corrected chi connectivity index (χ4v) is 2.58. The van der Waals surface area contributed by atoms with Crippen LogP contribution in [0, 0.1) is 5.41 Å². The van der Waals surface area contributed by atoms with Gasteiger partial charge in [-0.25, -0.2) is 4.99 Å². The maximum absolute atomic E-state index is 8.18. The third kappa shape index (κ3) is 4.52. The maximum atomic E-state index is 8.18. The van der Waals surface area contributed by atoms with E-state index in [9.17, 15) is 0 Å².